The summed E-state index contributed by atoms with van der Waals surface area (Å²) in [6.45, 7) is 0. The van der Waals surface area contributed by atoms with Crippen LogP contribution in [0.2, 0.25) is 0 Å². The minimum absolute atomic E-state index is 0.218. The summed E-state index contributed by atoms with van der Waals surface area (Å²) >= 11 is 5.01. The summed E-state index contributed by atoms with van der Waals surface area (Å²) in [6, 6.07) is 8.86. The van der Waals surface area contributed by atoms with Crippen LogP contribution in [0, 0.1) is 0 Å². The quantitative estimate of drug-likeness (QED) is 0.821. The standard InChI is InChI=1S/C13H14N4OS/c1-17-7-10(15-8-17)13(18)16-11(12(14)19)9-5-3-2-4-6-9/h2-8,11H,1H3,(H2,14,19)(H,16,18). The van der Waals surface area contributed by atoms with Crippen LogP contribution in [0.15, 0.2) is 42.9 Å². The first-order valence-corrected chi connectivity index (χ1v) is 6.12. The maximum Gasteiger partial charge on any atom is 0.272 e. The molecule has 0 radical (unpaired) electrons. The number of nitrogens with two attached hydrogens (primary N) is 1. The Kier molecular flexibility index (Phi) is 3.91. The van der Waals surface area contributed by atoms with Gasteiger partial charge in [-0.15, -0.1) is 0 Å². The Hall–Kier alpha value is -2.21. The number of imidazole rings is 1. The second-order valence-corrected chi connectivity index (χ2v) is 4.62. The smallest absolute Gasteiger partial charge is 0.272 e. The van der Waals surface area contributed by atoms with Crippen LogP contribution in [0.1, 0.15) is 22.1 Å². The number of benzene rings is 1. The van der Waals surface area contributed by atoms with E-state index in [1.54, 1.807) is 24.1 Å². The lowest BCUT2D eigenvalue weighted by molar-refractivity contribution is 0.0942. The van der Waals surface area contributed by atoms with Crippen molar-refractivity contribution in [2.45, 2.75) is 6.04 Å². The van der Waals surface area contributed by atoms with Gasteiger partial charge in [-0.2, -0.15) is 0 Å². The van der Waals surface area contributed by atoms with Gasteiger partial charge >= 0.3 is 0 Å². The molecule has 5 nitrogen and oxygen atoms in total. The van der Waals surface area contributed by atoms with Crippen LogP contribution in [0.25, 0.3) is 0 Å². The average Bonchev–Trinajstić information content (AvgIpc) is 2.83. The molecule has 1 atom stereocenters. The van der Waals surface area contributed by atoms with Gasteiger partial charge in [-0.1, -0.05) is 42.5 Å². The molecule has 1 aromatic heterocycles. The molecule has 1 unspecified atom stereocenters. The number of amides is 1. The van der Waals surface area contributed by atoms with Crippen LogP contribution >= 0.6 is 12.2 Å². The number of aryl methyl sites for hydroxylation is 1. The highest BCUT2D eigenvalue weighted by molar-refractivity contribution is 7.80. The second kappa shape index (κ2) is 5.62. The minimum atomic E-state index is -0.495. The first kappa shape index (κ1) is 13.2. The van der Waals surface area contributed by atoms with E-state index in [2.05, 4.69) is 10.3 Å². The van der Waals surface area contributed by atoms with Gasteiger partial charge in [0.2, 0.25) is 0 Å². The van der Waals surface area contributed by atoms with Crippen molar-refractivity contribution < 1.29 is 4.79 Å². The number of nitrogens with zero attached hydrogens (tertiary/aromatic N) is 2. The van der Waals surface area contributed by atoms with Gasteiger partial charge in [0.25, 0.3) is 5.91 Å². The first-order valence-electron chi connectivity index (χ1n) is 5.71. The van der Waals surface area contributed by atoms with Crippen molar-refractivity contribution in [1.82, 2.24) is 14.9 Å². The van der Waals surface area contributed by atoms with Crippen molar-refractivity contribution in [3.05, 3.63) is 54.1 Å². The molecule has 1 heterocycles. The fraction of sp³-hybridized carbons (Fsp3) is 0.154. The Morgan fingerprint density at radius 2 is 2.11 bits per heavy atom. The molecule has 0 fully saturated rings. The molecule has 0 saturated heterocycles. The molecule has 0 aliphatic heterocycles. The maximum absolute atomic E-state index is 12.0. The molecule has 0 aliphatic carbocycles. The van der Waals surface area contributed by atoms with E-state index in [0.29, 0.717) is 5.69 Å². The Labute approximate surface area is 116 Å². The Bertz CT molecular complexity index is 594. The molecular weight excluding hydrogens is 260 g/mol. The van der Waals surface area contributed by atoms with Crippen LogP contribution in [-0.2, 0) is 7.05 Å². The highest BCUT2D eigenvalue weighted by Gasteiger charge is 2.19. The summed E-state index contributed by atoms with van der Waals surface area (Å²) in [6.07, 6.45) is 3.20. The number of carbonyl (C=O) groups is 1. The molecule has 0 aliphatic rings. The normalized spacial score (nSPS) is 11.8. The maximum atomic E-state index is 12.0. The third-order valence-corrected chi connectivity index (χ3v) is 2.87. The van der Waals surface area contributed by atoms with Gasteiger partial charge in [0.15, 0.2) is 0 Å². The largest absolute Gasteiger partial charge is 0.391 e. The lowest BCUT2D eigenvalue weighted by Crippen LogP contribution is -2.36. The van der Waals surface area contributed by atoms with Crippen molar-refractivity contribution in [3.8, 4) is 0 Å². The van der Waals surface area contributed by atoms with Gasteiger partial charge in [0.1, 0.15) is 16.7 Å². The predicted molar refractivity (Wildman–Crippen MR) is 76.6 cm³/mol. The fourth-order valence-electron chi connectivity index (χ4n) is 1.70. The summed E-state index contributed by atoms with van der Waals surface area (Å²) in [7, 11) is 1.80. The Morgan fingerprint density at radius 3 is 2.63 bits per heavy atom. The van der Waals surface area contributed by atoms with E-state index in [0.717, 1.165) is 5.56 Å². The number of rotatable bonds is 4. The number of hydrogen-bond acceptors (Lipinski definition) is 3. The number of aromatic nitrogens is 2. The summed E-state index contributed by atoms with van der Waals surface area (Å²) in [5, 5.41) is 2.78. The van der Waals surface area contributed by atoms with Gasteiger partial charge in [-0.05, 0) is 5.56 Å². The molecule has 0 saturated carbocycles. The fourth-order valence-corrected chi connectivity index (χ4v) is 1.89. The Morgan fingerprint density at radius 1 is 1.42 bits per heavy atom. The predicted octanol–water partition coefficient (Wildman–Crippen LogP) is 1.18. The van der Waals surface area contributed by atoms with Gasteiger partial charge in [0, 0.05) is 13.2 Å². The van der Waals surface area contributed by atoms with Crippen LogP contribution in [-0.4, -0.2) is 20.4 Å². The van der Waals surface area contributed by atoms with Crippen molar-refractivity contribution >= 4 is 23.1 Å². The SMILES string of the molecule is Cn1cnc(C(=O)NC(C(N)=S)c2ccccc2)c1. The molecular formula is C13H14N4OS. The lowest BCUT2D eigenvalue weighted by atomic mass is 10.1. The van der Waals surface area contributed by atoms with Crippen LogP contribution < -0.4 is 11.1 Å². The lowest BCUT2D eigenvalue weighted by Gasteiger charge is -2.17. The molecule has 2 rings (SSSR count). The van der Waals surface area contributed by atoms with E-state index < -0.39 is 6.04 Å². The zero-order valence-corrected chi connectivity index (χ0v) is 11.2. The first-order chi connectivity index (χ1) is 9.08. The van der Waals surface area contributed by atoms with Crippen LogP contribution in [0.5, 0.6) is 0 Å². The van der Waals surface area contributed by atoms with E-state index in [-0.39, 0.29) is 10.9 Å². The van der Waals surface area contributed by atoms with Crippen LogP contribution in [0.3, 0.4) is 0 Å². The topological polar surface area (TPSA) is 72.9 Å². The molecule has 0 spiro atoms. The highest BCUT2D eigenvalue weighted by Crippen LogP contribution is 2.13. The molecule has 19 heavy (non-hydrogen) atoms. The number of nitrogens with one attached hydrogen (secondary N) is 1. The van der Waals surface area contributed by atoms with Gasteiger partial charge < -0.3 is 15.6 Å². The monoisotopic (exact) mass is 274 g/mol. The molecule has 2 aromatic rings. The Balaban J connectivity index is 2.18. The minimum Gasteiger partial charge on any atom is -0.391 e. The van der Waals surface area contributed by atoms with Crippen molar-refractivity contribution in [2.24, 2.45) is 12.8 Å². The zero-order valence-electron chi connectivity index (χ0n) is 10.4. The van der Waals surface area contributed by atoms with Crippen molar-refractivity contribution in [3.63, 3.8) is 0 Å². The zero-order chi connectivity index (χ0) is 13.8. The molecule has 6 heteroatoms. The van der Waals surface area contributed by atoms with E-state index in [9.17, 15) is 4.79 Å². The highest BCUT2D eigenvalue weighted by atomic mass is 32.1. The van der Waals surface area contributed by atoms with Crippen molar-refractivity contribution in [2.75, 3.05) is 0 Å². The van der Waals surface area contributed by atoms with E-state index in [4.69, 9.17) is 18.0 Å². The summed E-state index contributed by atoms with van der Waals surface area (Å²) < 4.78 is 1.70. The molecule has 98 valence electrons. The van der Waals surface area contributed by atoms with Gasteiger partial charge in [-0.3, -0.25) is 4.79 Å². The molecule has 1 amide bonds. The summed E-state index contributed by atoms with van der Waals surface area (Å²) in [5.41, 5.74) is 6.87. The van der Waals surface area contributed by atoms with Gasteiger partial charge in [-0.25, -0.2) is 4.98 Å². The number of thiocarbonyl (C=S) groups is 1. The average molecular weight is 274 g/mol. The third kappa shape index (κ3) is 3.17. The number of carbonyl (C=O) groups excluding carboxylic acids is 1. The summed E-state index contributed by atoms with van der Waals surface area (Å²) in [5.74, 6) is -0.303. The molecule has 1 aromatic carbocycles. The van der Waals surface area contributed by atoms with E-state index in [1.165, 1.54) is 0 Å². The third-order valence-electron chi connectivity index (χ3n) is 2.63. The second-order valence-electron chi connectivity index (χ2n) is 4.14. The van der Waals surface area contributed by atoms with E-state index in [1.807, 2.05) is 30.3 Å². The van der Waals surface area contributed by atoms with Crippen LogP contribution in [0.4, 0.5) is 0 Å². The van der Waals surface area contributed by atoms with Gasteiger partial charge in [0.05, 0.1) is 6.33 Å². The molecule has 3 N–H and O–H groups in total. The molecule has 0 bridgehead atoms. The number of hydrogen-bond donors (Lipinski definition) is 2. The van der Waals surface area contributed by atoms with Crippen molar-refractivity contribution in [1.29, 1.82) is 0 Å². The summed E-state index contributed by atoms with van der Waals surface area (Å²) in [4.78, 5) is 16.3. The van der Waals surface area contributed by atoms with E-state index >= 15 is 0 Å².